The highest BCUT2D eigenvalue weighted by Crippen LogP contribution is 2.31. The predicted octanol–water partition coefficient (Wildman–Crippen LogP) is 1.75. The molecule has 25 heavy (non-hydrogen) atoms. The lowest BCUT2D eigenvalue weighted by Crippen LogP contribution is -3.12. The first-order chi connectivity index (χ1) is 12.2. The van der Waals surface area contributed by atoms with E-state index < -0.39 is 0 Å². The molecule has 4 rings (SSSR count). The van der Waals surface area contributed by atoms with Gasteiger partial charge >= 0.3 is 0 Å². The second-order valence-electron chi connectivity index (χ2n) is 6.32. The maximum atomic E-state index is 12.2. The van der Waals surface area contributed by atoms with Crippen LogP contribution in [-0.2, 0) is 4.79 Å². The second kappa shape index (κ2) is 6.90. The number of carbonyl (C=O) groups excluding carboxylic acids is 1. The summed E-state index contributed by atoms with van der Waals surface area (Å²) in [6.45, 7) is 4.03. The van der Waals surface area contributed by atoms with Gasteiger partial charge in [0.2, 0.25) is 0 Å². The van der Waals surface area contributed by atoms with Crippen LogP contribution >= 0.6 is 11.8 Å². The fourth-order valence-corrected chi connectivity index (χ4v) is 3.88. The normalized spacial score (nSPS) is 20.4. The molecule has 0 unspecified atom stereocenters. The minimum absolute atomic E-state index is 0.177. The Morgan fingerprint density at radius 1 is 1.16 bits per heavy atom. The number of likely N-dealkylation sites (N-methyl/N-ethyl adjacent to an activating group) is 1. The summed E-state index contributed by atoms with van der Waals surface area (Å²) in [4.78, 5) is 20.8. The molecule has 5 nitrogen and oxygen atoms in total. The van der Waals surface area contributed by atoms with Gasteiger partial charge < -0.3 is 14.2 Å². The largest absolute Gasteiger partial charge is 0.457 e. The number of aliphatic imine (C=N–C) groups is 1. The molecule has 1 N–H and O–H groups in total. The van der Waals surface area contributed by atoms with Crippen LogP contribution in [-0.4, -0.2) is 49.2 Å². The molecule has 128 valence electrons. The van der Waals surface area contributed by atoms with E-state index in [-0.39, 0.29) is 5.91 Å². The van der Waals surface area contributed by atoms with E-state index >= 15 is 0 Å². The molecule has 3 heterocycles. The molecule has 2 aromatic rings. The van der Waals surface area contributed by atoms with Crippen molar-refractivity contribution in [3.63, 3.8) is 0 Å². The molecular weight excluding hydrogens is 334 g/mol. The molecule has 2 aliphatic rings. The third-order valence-corrected chi connectivity index (χ3v) is 5.50. The van der Waals surface area contributed by atoms with E-state index in [1.54, 1.807) is 6.08 Å². The number of piperazine rings is 1. The third-order valence-electron chi connectivity index (χ3n) is 4.46. The summed E-state index contributed by atoms with van der Waals surface area (Å²) in [6.07, 6.45) is 1.79. The molecule has 1 aromatic carbocycles. The first kappa shape index (κ1) is 16.2. The van der Waals surface area contributed by atoms with Crippen LogP contribution in [0.1, 0.15) is 5.76 Å². The average Bonchev–Trinajstić information content (AvgIpc) is 3.24. The molecule has 1 amide bonds. The Hall–Kier alpha value is -2.31. The van der Waals surface area contributed by atoms with E-state index in [1.807, 2.05) is 42.5 Å². The molecule has 1 aromatic heterocycles. The van der Waals surface area contributed by atoms with Gasteiger partial charge in [-0.15, -0.1) is 0 Å². The monoisotopic (exact) mass is 354 g/mol. The Labute approximate surface area is 151 Å². The minimum Gasteiger partial charge on any atom is -0.457 e. The second-order valence-corrected chi connectivity index (χ2v) is 7.33. The van der Waals surface area contributed by atoms with Gasteiger partial charge in [0.05, 0.1) is 38.1 Å². The zero-order chi connectivity index (χ0) is 17.2. The summed E-state index contributed by atoms with van der Waals surface area (Å²) < 4.78 is 5.86. The van der Waals surface area contributed by atoms with E-state index in [9.17, 15) is 4.79 Å². The average molecular weight is 354 g/mol. The number of nitrogens with zero attached hydrogens (tertiary/aromatic N) is 2. The summed E-state index contributed by atoms with van der Waals surface area (Å²) in [5, 5.41) is 0.818. The quantitative estimate of drug-likeness (QED) is 0.835. The van der Waals surface area contributed by atoms with Crippen molar-refractivity contribution in [2.45, 2.75) is 0 Å². The van der Waals surface area contributed by atoms with Gasteiger partial charge in [-0.1, -0.05) is 30.3 Å². The van der Waals surface area contributed by atoms with Crippen LogP contribution in [0.5, 0.6) is 0 Å². The maximum Gasteiger partial charge on any atom is 0.286 e. The smallest absolute Gasteiger partial charge is 0.286 e. The van der Waals surface area contributed by atoms with Gasteiger partial charge in [0.1, 0.15) is 11.5 Å². The first-order valence-corrected chi connectivity index (χ1v) is 9.25. The highest BCUT2D eigenvalue weighted by atomic mass is 32.2. The summed E-state index contributed by atoms with van der Waals surface area (Å²) in [7, 11) is 2.19. The number of furan rings is 1. The van der Waals surface area contributed by atoms with Crippen LogP contribution in [0.3, 0.4) is 0 Å². The molecule has 0 atom stereocenters. The molecule has 1 fully saturated rings. The fraction of sp³-hybridized carbons (Fsp3) is 0.263. The Morgan fingerprint density at radius 2 is 1.92 bits per heavy atom. The van der Waals surface area contributed by atoms with Gasteiger partial charge in [0.25, 0.3) is 5.91 Å². The zero-order valence-electron chi connectivity index (χ0n) is 14.1. The molecule has 2 aliphatic heterocycles. The van der Waals surface area contributed by atoms with Crippen LogP contribution in [0.4, 0.5) is 0 Å². The number of hydrogen-bond acceptors (Lipinski definition) is 4. The molecule has 0 spiro atoms. The van der Waals surface area contributed by atoms with Gasteiger partial charge in [-0.05, 0) is 23.9 Å². The zero-order valence-corrected chi connectivity index (χ0v) is 14.9. The predicted molar refractivity (Wildman–Crippen MR) is 100 cm³/mol. The van der Waals surface area contributed by atoms with E-state index in [2.05, 4.69) is 16.9 Å². The van der Waals surface area contributed by atoms with Crippen molar-refractivity contribution in [1.29, 1.82) is 0 Å². The van der Waals surface area contributed by atoms with Crippen molar-refractivity contribution in [2.75, 3.05) is 33.2 Å². The maximum absolute atomic E-state index is 12.2. The van der Waals surface area contributed by atoms with Crippen molar-refractivity contribution < 1.29 is 14.1 Å². The molecule has 0 radical (unpaired) electrons. The Kier molecular flexibility index (Phi) is 4.46. The Morgan fingerprint density at radius 3 is 2.68 bits per heavy atom. The number of thioether (sulfide) groups is 1. The van der Waals surface area contributed by atoms with Crippen molar-refractivity contribution in [1.82, 2.24) is 4.90 Å². The van der Waals surface area contributed by atoms with Crippen LogP contribution in [0.2, 0.25) is 0 Å². The highest BCUT2D eigenvalue weighted by molar-refractivity contribution is 8.18. The van der Waals surface area contributed by atoms with E-state index in [0.717, 1.165) is 42.7 Å². The van der Waals surface area contributed by atoms with E-state index in [0.29, 0.717) is 10.7 Å². The SMILES string of the molecule is C[NH+]1CCN(C2=NC(=O)/C(=C\c3ccc(-c4ccccc4)o3)S2)CC1. The fourth-order valence-electron chi connectivity index (χ4n) is 2.93. The number of hydrogen-bond donors (Lipinski definition) is 1. The topological polar surface area (TPSA) is 50.2 Å². The van der Waals surface area contributed by atoms with Gasteiger partial charge in [0, 0.05) is 11.6 Å². The number of benzene rings is 1. The van der Waals surface area contributed by atoms with Crippen LogP contribution < -0.4 is 4.90 Å². The van der Waals surface area contributed by atoms with E-state index in [4.69, 9.17) is 4.42 Å². The molecule has 0 bridgehead atoms. The molecule has 0 saturated carbocycles. The van der Waals surface area contributed by atoms with E-state index in [1.165, 1.54) is 16.7 Å². The van der Waals surface area contributed by atoms with Gasteiger partial charge in [-0.25, -0.2) is 0 Å². The van der Waals surface area contributed by atoms with Crippen molar-refractivity contribution >= 4 is 28.9 Å². The molecule has 0 aliphatic carbocycles. The Balaban J connectivity index is 1.48. The van der Waals surface area contributed by atoms with Crippen LogP contribution in [0.25, 0.3) is 17.4 Å². The third kappa shape index (κ3) is 3.55. The van der Waals surface area contributed by atoms with Crippen LogP contribution in [0.15, 0.2) is 56.8 Å². The summed E-state index contributed by atoms with van der Waals surface area (Å²) in [6, 6.07) is 13.7. The molecular formula is C19H20N3O2S+. The number of amides is 1. The Bertz CT molecular complexity index is 833. The number of quaternary nitrogens is 1. The first-order valence-electron chi connectivity index (χ1n) is 8.43. The highest BCUT2D eigenvalue weighted by Gasteiger charge is 2.29. The molecule has 6 heteroatoms. The van der Waals surface area contributed by atoms with Crippen molar-refractivity contribution in [2.24, 2.45) is 4.99 Å². The van der Waals surface area contributed by atoms with Crippen molar-refractivity contribution in [3.8, 4) is 11.3 Å². The lowest BCUT2D eigenvalue weighted by atomic mass is 10.2. The number of amidine groups is 1. The van der Waals surface area contributed by atoms with Gasteiger partial charge in [-0.3, -0.25) is 4.79 Å². The van der Waals surface area contributed by atoms with Gasteiger partial charge in [0.15, 0.2) is 5.17 Å². The summed E-state index contributed by atoms with van der Waals surface area (Å²) in [5.41, 5.74) is 1.02. The number of nitrogens with one attached hydrogen (secondary N) is 1. The number of rotatable bonds is 2. The van der Waals surface area contributed by atoms with Gasteiger partial charge in [-0.2, -0.15) is 4.99 Å². The molecule has 1 saturated heterocycles. The standard InChI is InChI=1S/C19H19N3O2S/c1-21-9-11-22(12-10-21)19-20-18(23)17(25-19)13-15-7-8-16(24-15)14-5-3-2-4-6-14/h2-8,13H,9-12H2,1H3/p+1/b17-13+. The van der Waals surface area contributed by atoms with Crippen molar-refractivity contribution in [3.05, 3.63) is 53.1 Å². The summed E-state index contributed by atoms with van der Waals surface area (Å²) >= 11 is 1.44. The number of carbonyl (C=O) groups is 1. The van der Waals surface area contributed by atoms with Crippen LogP contribution in [0, 0.1) is 0 Å². The lowest BCUT2D eigenvalue weighted by Gasteiger charge is -2.30. The lowest BCUT2D eigenvalue weighted by molar-refractivity contribution is -0.883. The summed E-state index contributed by atoms with van der Waals surface area (Å²) in [5.74, 6) is 1.30. The minimum atomic E-state index is -0.177.